The van der Waals surface area contributed by atoms with E-state index in [4.69, 9.17) is 9.47 Å². The number of nitrogens with zero attached hydrogens (tertiary/aromatic N) is 1. The van der Waals surface area contributed by atoms with Crippen LogP contribution in [0.15, 0.2) is 51.8 Å². The van der Waals surface area contributed by atoms with Crippen LogP contribution in [0.25, 0.3) is 0 Å². The number of amides is 1. The van der Waals surface area contributed by atoms with E-state index in [-0.39, 0.29) is 16.8 Å². The van der Waals surface area contributed by atoms with E-state index in [1.807, 2.05) is 6.92 Å². The summed E-state index contributed by atoms with van der Waals surface area (Å²) >= 11 is 3.44. The Labute approximate surface area is 185 Å². The van der Waals surface area contributed by atoms with Crippen molar-refractivity contribution in [3.8, 4) is 11.5 Å². The Hall–Kier alpha value is -2.10. The van der Waals surface area contributed by atoms with Crippen LogP contribution in [-0.4, -0.2) is 52.1 Å². The number of nitrogens with one attached hydrogen (secondary N) is 1. The lowest BCUT2D eigenvalue weighted by atomic mass is 10.0. The monoisotopic (exact) mass is 496 g/mol. The Bertz CT molecular complexity index is 990. The van der Waals surface area contributed by atoms with Gasteiger partial charge in [-0.15, -0.1) is 0 Å². The maximum atomic E-state index is 13.0. The Morgan fingerprint density at radius 3 is 2.47 bits per heavy atom. The molecule has 1 aliphatic heterocycles. The van der Waals surface area contributed by atoms with E-state index < -0.39 is 10.0 Å². The predicted molar refractivity (Wildman–Crippen MR) is 118 cm³/mol. The summed E-state index contributed by atoms with van der Waals surface area (Å²) in [5.41, 5.74) is 0.491. The first kappa shape index (κ1) is 22.6. The van der Waals surface area contributed by atoms with Crippen molar-refractivity contribution in [3.05, 3.63) is 52.5 Å². The molecule has 7 nitrogen and oxygen atoms in total. The number of methoxy groups -OCH3 is 1. The molecular formula is C21H25BrN2O5S. The number of sulfonamides is 1. The molecule has 0 aliphatic carbocycles. The minimum atomic E-state index is -3.56. The van der Waals surface area contributed by atoms with E-state index in [1.165, 1.54) is 7.11 Å². The zero-order valence-corrected chi connectivity index (χ0v) is 19.3. The standard InChI is InChI=1S/C21H25BrN2O5S/c1-3-29-20-18(22)13-15(14-19(20)28-2)21(25)24-11-9-16(10-12-24)23-30(26,27)17-7-5-4-6-8-17/h4-8,13-14,16,23H,3,9-12H2,1-2H3. The maximum absolute atomic E-state index is 13.0. The van der Waals surface area contributed by atoms with Crippen LogP contribution in [0.3, 0.4) is 0 Å². The van der Waals surface area contributed by atoms with Gasteiger partial charge in [-0.1, -0.05) is 18.2 Å². The summed E-state index contributed by atoms with van der Waals surface area (Å²) in [6, 6.07) is 11.5. The molecule has 162 valence electrons. The fourth-order valence-electron chi connectivity index (χ4n) is 3.40. The van der Waals surface area contributed by atoms with Gasteiger partial charge in [0.2, 0.25) is 10.0 Å². The second kappa shape index (κ2) is 9.80. The molecule has 2 aromatic carbocycles. The van der Waals surface area contributed by atoms with Crippen LogP contribution in [0.4, 0.5) is 0 Å². The summed E-state index contributed by atoms with van der Waals surface area (Å²) in [5, 5.41) is 0. The number of hydrogen-bond donors (Lipinski definition) is 1. The SMILES string of the molecule is CCOc1c(Br)cc(C(=O)N2CCC(NS(=O)(=O)c3ccccc3)CC2)cc1OC. The van der Waals surface area contributed by atoms with Gasteiger partial charge in [-0.25, -0.2) is 13.1 Å². The third-order valence-electron chi connectivity index (χ3n) is 4.92. The molecule has 1 N–H and O–H groups in total. The topological polar surface area (TPSA) is 84.9 Å². The van der Waals surface area contributed by atoms with E-state index >= 15 is 0 Å². The first-order valence-corrected chi connectivity index (χ1v) is 12.0. The molecule has 0 unspecified atom stereocenters. The van der Waals surface area contributed by atoms with Gasteiger partial charge in [0.05, 0.1) is 23.1 Å². The first-order chi connectivity index (χ1) is 14.4. The molecule has 1 fully saturated rings. The van der Waals surface area contributed by atoms with Crippen molar-refractivity contribution in [2.75, 3.05) is 26.8 Å². The normalized spacial score (nSPS) is 15.1. The number of likely N-dealkylation sites (tertiary alicyclic amines) is 1. The summed E-state index contributed by atoms with van der Waals surface area (Å²) < 4.78 is 39.4. The van der Waals surface area contributed by atoms with E-state index in [0.717, 1.165) is 0 Å². The van der Waals surface area contributed by atoms with Crippen molar-refractivity contribution in [1.82, 2.24) is 9.62 Å². The highest BCUT2D eigenvalue weighted by Gasteiger charge is 2.28. The summed E-state index contributed by atoms with van der Waals surface area (Å²) in [4.78, 5) is 14.9. The van der Waals surface area contributed by atoms with Gasteiger partial charge in [-0.05, 0) is 60.0 Å². The summed E-state index contributed by atoms with van der Waals surface area (Å²) in [6.07, 6.45) is 1.10. The number of carbonyl (C=O) groups excluding carboxylic acids is 1. The second-order valence-electron chi connectivity index (χ2n) is 6.92. The fraction of sp³-hybridized carbons (Fsp3) is 0.381. The number of halogens is 1. The summed E-state index contributed by atoms with van der Waals surface area (Å²) in [6.45, 7) is 3.29. The molecule has 1 aliphatic rings. The van der Waals surface area contributed by atoms with Crippen molar-refractivity contribution in [1.29, 1.82) is 0 Å². The fourth-order valence-corrected chi connectivity index (χ4v) is 5.28. The number of benzene rings is 2. The Morgan fingerprint density at radius 1 is 1.20 bits per heavy atom. The van der Waals surface area contributed by atoms with Crippen molar-refractivity contribution in [3.63, 3.8) is 0 Å². The van der Waals surface area contributed by atoms with Gasteiger partial charge < -0.3 is 14.4 Å². The quantitative estimate of drug-likeness (QED) is 0.634. The van der Waals surface area contributed by atoms with E-state index in [2.05, 4.69) is 20.7 Å². The summed E-state index contributed by atoms with van der Waals surface area (Å²) in [5.74, 6) is 0.923. The lowest BCUT2D eigenvalue weighted by Crippen LogP contribution is -2.46. The number of piperidine rings is 1. The van der Waals surface area contributed by atoms with E-state index in [0.29, 0.717) is 54.1 Å². The van der Waals surface area contributed by atoms with Gasteiger partial charge in [0.1, 0.15) is 0 Å². The Morgan fingerprint density at radius 2 is 1.87 bits per heavy atom. The molecule has 0 aromatic heterocycles. The second-order valence-corrected chi connectivity index (χ2v) is 9.49. The van der Waals surface area contributed by atoms with Gasteiger partial charge in [-0.3, -0.25) is 4.79 Å². The molecule has 0 atom stereocenters. The molecule has 0 spiro atoms. The van der Waals surface area contributed by atoms with Gasteiger partial charge >= 0.3 is 0 Å². The lowest BCUT2D eigenvalue weighted by molar-refractivity contribution is 0.0711. The van der Waals surface area contributed by atoms with Crippen LogP contribution in [-0.2, 0) is 10.0 Å². The average Bonchev–Trinajstić information content (AvgIpc) is 2.75. The smallest absolute Gasteiger partial charge is 0.254 e. The maximum Gasteiger partial charge on any atom is 0.254 e. The molecule has 0 bridgehead atoms. The molecule has 9 heteroatoms. The van der Waals surface area contributed by atoms with Crippen LogP contribution in [0.1, 0.15) is 30.1 Å². The van der Waals surface area contributed by atoms with Gasteiger partial charge in [0.25, 0.3) is 5.91 Å². The average molecular weight is 497 g/mol. The number of hydrogen-bond acceptors (Lipinski definition) is 5. The molecule has 0 saturated carbocycles. The summed E-state index contributed by atoms with van der Waals surface area (Å²) in [7, 11) is -2.03. The number of ether oxygens (including phenoxy) is 2. The van der Waals surface area contributed by atoms with Crippen LogP contribution >= 0.6 is 15.9 Å². The van der Waals surface area contributed by atoms with Gasteiger partial charge in [0.15, 0.2) is 11.5 Å². The predicted octanol–water partition coefficient (Wildman–Crippen LogP) is 3.44. The number of rotatable bonds is 7. The van der Waals surface area contributed by atoms with Crippen LogP contribution in [0.2, 0.25) is 0 Å². The molecule has 1 saturated heterocycles. The van der Waals surface area contributed by atoms with Crippen LogP contribution in [0, 0.1) is 0 Å². The highest BCUT2D eigenvalue weighted by molar-refractivity contribution is 9.10. The minimum Gasteiger partial charge on any atom is -0.493 e. The van der Waals surface area contributed by atoms with Crippen molar-refractivity contribution >= 4 is 31.9 Å². The molecular weight excluding hydrogens is 472 g/mol. The molecule has 0 radical (unpaired) electrons. The lowest BCUT2D eigenvalue weighted by Gasteiger charge is -2.32. The Balaban J connectivity index is 1.65. The third-order valence-corrected chi connectivity index (χ3v) is 7.05. The zero-order chi connectivity index (χ0) is 21.7. The zero-order valence-electron chi connectivity index (χ0n) is 16.9. The highest BCUT2D eigenvalue weighted by atomic mass is 79.9. The minimum absolute atomic E-state index is 0.124. The van der Waals surface area contributed by atoms with Crippen LogP contribution < -0.4 is 14.2 Å². The van der Waals surface area contributed by atoms with E-state index in [1.54, 1.807) is 47.4 Å². The van der Waals surface area contributed by atoms with Gasteiger partial charge in [-0.2, -0.15) is 0 Å². The molecule has 3 rings (SSSR count). The molecule has 30 heavy (non-hydrogen) atoms. The first-order valence-electron chi connectivity index (χ1n) is 9.72. The van der Waals surface area contributed by atoms with Crippen molar-refractivity contribution in [2.45, 2.75) is 30.7 Å². The Kier molecular flexibility index (Phi) is 7.38. The largest absolute Gasteiger partial charge is 0.493 e. The third kappa shape index (κ3) is 5.14. The van der Waals surface area contributed by atoms with E-state index in [9.17, 15) is 13.2 Å². The number of carbonyl (C=O) groups is 1. The molecule has 1 amide bonds. The van der Waals surface area contributed by atoms with Crippen LogP contribution in [0.5, 0.6) is 11.5 Å². The molecule has 1 heterocycles. The van der Waals surface area contributed by atoms with Gasteiger partial charge in [0, 0.05) is 24.7 Å². The van der Waals surface area contributed by atoms with Crippen molar-refractivity contribution in [2.24, 2.45) is 0 Å². The highest BCUT2D eigenvalue weighted by Crippen LogP contribution is 2.37. The van der Waals surface area contributed by atoms with Crippen molar-refractivity contribution < 1.29 is 22.7 Å². The molecule has 2 aromatic rings.